The molecule has 0 spiro atoms. The van der Waals surface area contributed by atoms with Gasteiger partial charge in [-0.2, -0.15) is 0 Å². The molecule has 0 N–H and O–H groups in total. The Hall–Kier alpha value is -2.80. The van der Waals surface area contributed by atoms with Gasteiger partial charge in [-0.05, 0) is 24.5 Å². The van der Waals surface area contributed by atoms with Gasteiger partial charge in [-0.3, -0.25) is 0 Å². The average Bonchev–Trinajstić information content (AvgIpc) is 3.00. The largest absolute Gasteiger partial charge is 0.456 e. The molecule has 0 atom stereocenters. The molecule has 0 unspecified atom stereocenters. The van der Waals surface area contributed by atoms with E-state index in [1.54, 1.807) is 0 Å². The molecule has 0 aliphatic rings. The van der Waals surface area contributed by atoms with Crippen molar-refractivity contribution < 1.29 is 4.42 Å². The first-order valence-electron chi connectivity index (χ1n) is 8.01. The molecule has 0 bridgehead atoms. The van der Waals surface area contributed by atoms with Crippen molar-refractivity contribution in [2.75, 3.05) is 0 Å². The number of hydrogen-bond acceptors (Lipinski definition) is 1. The molecule has 4 aromatic rings. The van der Waals surface area contributed by atoms with Crippen molar-refractivity contribution in [1.82, 2.24) is 0 Å². The van der Waals surface area contributed by atoms with E-state index in [9.17, 15) is 0 Å². The van der Waals surface area contributed by atoms with E-state index in [-0.39, 0.29) is 0 Å². The molecule has 0 aliphatic heterocycles. The standard InChI is InChI=1S/C22H18O/c1-3-9-17(10-4-1)15-16-20-19-13-7-8-14-21(19)23-22(20)18-11-5-2-6-12-18/h1-14H,15-16H2. The van der Waals surface area contributed by atoms with Crippen LogP contribution in [-0.2, 0) is 12.8 Å². The van der Waals surface area contributed by atoms with Crippen LogP contribution in [0.15, 0.2) is 89.3 Å². The molecule has 0 saturated carbocycles. The summed E-state index contributed by atoms with van der Waals surface area (Å²) in [5.41, 5.74) is 4.77. The van der Waals surface area contributed by atoms with Gasteiger partial charge in [-0.1, -0.05) is 78.9 Å². The highest BCUT2D eigenvalue weighted by Crippen LogP contribution is 2.34. The number of rotatable bonds is 4. The number of para-hydroxylation sites is 1. The molecule has 0 saturated heterocycles. The number of aryl methyl sites for hydroxylation is 2. The zero-order valence-electron chi connectivity index (χ0n) is 12.9. The van der Waals surface area contributed by atoms with Crippen LogP contribution in [-0.4, -0.2) is 0 Å². The van der Waals surface area contributed by atoms with Crippen molar-refractivity contribution in [2.45, 2.75) is 12.8 Å². The van der Waals surface area contributed by atoms with Crippen molar-refractivity contribution in [1.29, 1.82) is 0 Å². The number of fused-ring (bicyclic) bond motifs is 1. The molecule has 112 valence electrons. The predicted octanol–water partition coefficient (Wildman–Crippen LogP) is 5.89. The molecule has 0 fully saturated rings. The van der Waals surface area contributed by atoms with Gasteiger partial charge in [0, 0.05) is 16.5 Å². The lowest BCUT2D eigenvalue weighted by atomic mass is 9.99. The quantitative estimate of drug-likeness (QED) is 0.458. The third-order valence-corrected chi connectivity index (χ3v) is 4.24. The minimum atomic E-state index is 0.967. The van der Waals surface area contributed by atoms with Crippen molar-refractivity contribution in [3.63, 3.8) is 0 Å². The zero-order chi connectivity index (χ0) is 15.5. The van der Waals surface area contributed by atoms with Gasteiger partial charge in [-0.15, -0.1) is 0 Å². The van der Waals surface area contributed by atoms with Crippen LogP contribution < -0.4 is 0 Å². The van der Waals surface area contributed by atoms with Gasteiger partial charge in [-0.25, -0.2) is 0 Å². The van der Waals surface area contributed by atoms with Crippen LogP contribution in [0.4, 0.5) is 0 Å². The molecule has 3 aromatic carbocycles. The van der Waals surface area contributed by atoms with Gasteiger partial charge in [0.15, 0.2) is 0 Å². The van der Waals surface area contributed by atoms with E-state index in [1.165, 1.54) is 16.5 Å². The highest BCUT2D eigenvalue weighted by Gasteiger charge is 2.15. The van der Waals surface area contributed by atoms with Gasteiger partial charge in [0.1, 0.15) is 11.3 Å². The maximum atomic E-state index is 6.17. The fourth-order valence-electron chi connectivity index (χ4n) is 3.08. The van der Waals surface area contributed by atoms with Crippen LogP contribution in [0.2, 0.25) is 0 Å². The van der Waals surface area contributed by atoms with Gasteiger partial charge in [0.2, 0.25) is 0 Å². The molecule has 4 rings (SSSR count). The summed E-state index contributed by atoms with van der Waals surface area (Å²) >= 11 is 0. The summed E-state index contributed by atoms with van der Waals surface area (Å²) in [6.45, 7) is 0. The summed E-state index contributed by atoms with van der Waals surface area (Å²) in [7, 11) is 0. The first-order valence-corrected chi connectivity index (χ1v) is 8.01. The van der Waals surface area contributed by atoms with Crippen LogP contribution in [0.25, 0.3) is 22.3 Å². The maximum absolute atomic E-state index is 6.17. The summed E-state index contributed by atoms with van der Waals surface area (Å²) in [5, 5.41) is 1.22. The molecule has 1 nitrogen and oxygen atoms in total. The Morgan fingerprint density at radius 3 is 2.04 bits per heavy atom. The Bertz CT molecular complexity index is 905. The lowest BCUT2D eigenvalue weighted by Gasteiger charge is -2.04. The number of benzene rings is 3. The Morgan fingerprint density at radius 1 is 0.609 bits per heavy atom. The molecule has 23 heavy (non-hydrogen) atoms. The fraction of sp³-hybridized carbons (Fsp3) is 0.0909. The highest BCUT2D eigenvalue weighted by molar-refractivity contribution is 5.87. The second kappa shape index (κ2) is 6.13. The van der Waals surface area contributed by atoms with E-state index in [0.717, 1.165) is 29.7 Å². The lowest BCUT2D eigenvalue weighted by molar-refractivity contribution is 0.626. The minimum Gasteiger partial charge on any atom is -0.456 e. The van der Waals surface area contributed by atoms with Crippen LogP contribution in [0.1, 0.15) is 11.1 Å². The minimum absolute atomic E-state index is 0.967. The summed E-state index contributed by atoms with van der Waals surface area (Å²) in [5.74, 6) is 1.00. The van der Waals surface area contributed by atoms with E-state index in [4.69, 9.17) is 4.42 Å². The van der Waals surface area contributed by atoms with Crippen LogP contribution >= 0.6 is 0 Å². The van der Waals surface area contributed by atoms with E-state index in [1.807, 2.05) is 18.2 Å². The monoisotopic (exact) mass is 298 g/mol. The third kappa shape index (κ3) is 2.78. The third-order valence-electron chi connectivity index (χ3n) is 4.24. The molecule has 0 amide bonds. The summed E-state index contributed by atoms with van der Waals surface area (Å²) in [6, 6.07) is 29.3. The Kier molecular flexibility index (Phi) is 3.69. The number of furan rings is 1. The molecule has 1 heterocycles. The molecule has 0 radical (unpaired) electrons. The van der Waals surface area contributed by atoms with Crippen molar-refractivity contribution in [2.24, 2.45) is 0 Å². The summed E-state index contributed by atoms with van der Waals surface area (Å²) in [6.07, 6.45) is 2.00. The van der Waals surface area contributed by atoms with Crippen molar-refractivity contribution in [3.05, 3.63) is 96.1 Å². The summed E-state index contributed by atoms with van der Waals surface area (Å²) in [4.78, 5) is 0. The normalized spacial score (nSPS) is 11.0. The second-order valence-corrected chi connectivity index (χ2v) is 5.76. The first-order chi connectivity index (χ1) is 11.4. The highest BCUT2D eigenvalue weighted by atomic mass is 16.3. The van der Waals surface area contributed by atoms with E-state index in [0.29, 0.717) is 0 Å². The Balaban J connectivity index is 1.77. The molecule has 1 heteroatoms. The smallest absolute Gasteiger partial charge is 0.138 e. The SMILES string of the molecule is c1ccc(CCc2c(-c3ccccc3)oc3ccccc23)cc1. The Morgan fingerprint density at radius 2 is 1.26 bits per heavy atom. The lowest BCUT2D eigenvalue weighted by Crippen LogP contribution is -1.92. The Labute approximate surface area is 136 Å². The molecule has 0 aliphatic carbocycles. The first kappa shape index (κ1) is 13.8. The molecule has 1 aromatic heterocycles. The van der Waals surface area contributed by atoms with Crippen LogP contribution in [0.5, 0.6) is 0 Å². The van der Waals surface area contributed by atoms with E-state index in [2.05, 4.69) is 66.7 Å². The predicted molar refractivity (Wildman–Crippen MR) is 95.5 cm³/mol. The van der Waals surface area contributed by atoms with Crippen molar-refractivity contribution >= 4 is 11.0 Å². The van der Waals surface area contributed by atoms with Crippen LogP contribution in [0.3, 0.4) is 0 Å². The topological polar surface area (TPSA) is 13.1 Å². The van der Waals surface area contributed by atoms with Gasteiger partial charge in [0.05, 0.1) is 0 Å². The average molecular weight is 298 g/mol. The molecular weight excluding hydrogens is 280 g/mol. The van der Waals surface area contributed by atoms with Gasteiger partial charge in [0.25, 0.3) is 0 Å². The van der Waals surface area contributed by atoms with Crippen molar-refractivity contribution in [3.8, 4) is 11.3 Å². The molecular formula is C22H18O. The second-order valence-electron chi connectivity index (χ2n) is 5.76. The van der Waals surface area contributed by atoms with E-state index < -0.39 is 0 Å². The van der Waals surface area contributed by atoms with Crippen LogP contribution in [0, 0.1) is 0 Å². The summed E-state index contributed by atoms with van der Waals surface area (Å²) < 4.78 is 6.17. The van der Waals surface area contributed by atoms with Gasteiger partial charge < -0.3 is 4.42 Å². The van der Waals surface area contributed by atoms with E-state index >= 15 is 0 Å². The number of hydrogen-bond donors (Lipinski definition) is 0. The van der Waals surface area contributed by atoms with Gasteiger partial charge >= 0.3 is 0 Å². The fourth-order valence-corrected chi connectivity index (χ4v) is 3.08. The maximum Gasteiger partial charge on any atom is 0.138 e. The zero-order valence-corrected chi connectivity index (χ0v) is 12.9.